The van der Waals surface area contributed by atoms with E-state index < -0.39 is 97.5 Å². The lowest BCUT2D eigenvalue weighted by molar-refractivity contribution is -0.122. The van der Waals surface area contributed by atoms with Crippen molar-refractivity contribution in [2.75, 3.05) is 72.0 Å². The third-order valence-corrected chi connectivity index (χ3v) is 15.0. The lowest BCUT2D eigenvalue weighted by atomic mass is 10.1. The number of unbranched alkanes of at least 4 members (excludes halogenated alkanes) is 2. The zero-order valence-corrected chi connectivity index (χ0v) is 40.2. The molecule has 3 heterocycles. The smallest absolute Gasteiger partial charge is 0.394 e. The summed E-state index contributed by atoms with van der Waals surface area (Å²) in [7, 11) is -7.23. The molecule has 0 radical (unpaired) electrons. The monoisotopic (exact) mass is 1010 g/mol. The van der Waals surface area contributed by atoms with Crippen LogP contribution in [0.25, 0.3) is 0 Å². The molecule has 2 fully saturated rings. The first-order valence-electron chi connectivity index (χ1n) is 20.5. The van der Waals surface area contributed by atoms with Crippen molar-refractivity contribution in [2.24, 2.45) is 0 Å². The van der Waals surface area contributed by atoms with Crippen LogP contribution in [0.5, 0.6) is 0 Å². The number of carbonyl (C=O) groups excluding carboxylic acids is 1. The Morgan fingerprint density at radius 1 is 0.810 bits per heavy atom. The van der Waals surface area contributed by atoms with Gasteiger partial charge >= 0.3 is 23.5 Å². The number of aliphatic hydroxyl groups is 3. The van der Waals surface area contributed by atoms with E-state index in [2.05, 4.69) is 15.6 Å². The van der Waals surface area contributed by atoms with Gasteiger partial charge in [0.15, 0.2) is 0 Å². The molecule has 63 heavy (non-hydrogen) atoms. The fourth-order valence-corrected chi connectivity index (χ4v) is 10.9. The molecule has 24 nitrogen and oxygen atoms in total. The Balaban J connectivity index is 1.15. The van der Waals surface area contributed by atoms with Crippen molar-refractivity contribution in [1.82, 2.24) is 20.3 Å². The number of nitrogens with zero attached hydrogens (tertiary/aromatic N) is 3. The van der Waals surface area contributed by atoms with E-state index >= 15 is 0 Å². The summed E-state index contributed by atoms with van der Waals surface area (Å²) >= 11 is 0. The SMILES string of the molecule is COCC1OC(C)C(O)C1OP(=O)(O)OCC(CO)NC(=O)CCCn1cc(CCCCOP(=O)(O)OCCCSSCCCCOP(=O)(O)OCC2OC(C)C(O)C2OC)nn1. The van der Waals surface area contributed by atoms with Crippen molar-refractivity contribution in [3.8, 4) is 0 Å². The minimum absolute atomic E-state index is 0.00528. The number of ether oxygens (including phenoxy) is 4. The minimum Gasteiger partial charge on any atom is -0.394 e. The van der Waals surface area contributed by atoms with Crippen molar-refractivity contribution in [3.05, 3.63) is 11.9 Å². The predicted octanol–water partition coefficient (Wildman–Crippen LogP) is 2.14. The first-order valence-corrected chi connectivity index (χ1v) is 27.5. The number of aliphatic hydroxyl groups excluding tert-OH is 3. The van der Waals surface area contributed by atoms with E-state index in [1.807, 2.05) is 0 Å². The van der Waals surface area contributed by atoms with Gasteiger partial charge in [-0.3, -0.25) is 36.6 Å². The second kappa shape index (κ2) is 29.3. The van der Waals surface area contributed by atoms with Crippen LogP contribution in [0, 0.1) is 0 Å². The third kappa shape index (κ3) is 21.9. The van der Waals surface area contributed by atoms with Crippen LogP contribution in [0.3, 0.4) is 0 Å². The molecule has 12 atom stereocenters. The summed E-state index contributed by atoms with van der Waals surface area (Å²) < 4.78 is 90.0. The normalized spacial score (nSPS) is 27.2. The Hall–Kier alpha value is -0.640. The van der Waals surface area contributed by atoms with Crippen molar-refractivity contribution < 1.29 is 94.6 Å². The fourth-order valence-electron chi connectivity index (χ4n) is 6.16. The van der Waals surface area contributed by atoms with Gasteiger partial charge in [0, 0.05) is 44.9 Å². The van der Waals surface area contributed by atoms with Crippen LogP contribution in [0.1, 0.15) is 64.5 Å². The second-order valence-electron chi connectivity index (χ2n) is 14.6. The molecule has 1 aromatic rings. The van der Waals surface area contributed by atoms with Crippen molar-refractivity contribution >= 4 is 51.0 Å². The second-order valence-corrected chi connectivity index (χ2v) is 21.7. The van der Waals surface area contributed by atoms with Gasteiger partial charge in [-0.25, -0.2) is 13.7 Å². The van der Waals surface area contributed by atoms with Crippen LogP contribution < -0.4 is 5.32 Å². The number of aryl methyl sites for hydroxylation is 2. The average Bonchev–Trinajstić information content (AvgIpc) is 3.88. The Morgan fingerprint density at radius 3 is 2.03 bits per heavy atom. The van der Waals surface area contributed by atoms with Crippen LogP contribution in [0.15, 0.2) is 6.20 Å². The molecular weight excluding hydrogens is 941 g/mol. The van der Waals surface area contributed by atoms with Gasteiger partial charge in [-0.15, -0.1) is 5.10 Å². The van der Waals surface area contributed by atoms with E-state index in [-0.39, 0.29) is 39.5 Å². The molecule has 0 saturated carbocycles. The first kappa shape index (κ1) is 56.7. The average molecular weight is 1010 g/mol. The van der Waals surface area contributed by atoms with Gasteiger partial charge in [-0.2, -0.15) is 0 Å². The highest BCUT2D eigenvalue weighted by atomic mass is 33.1. The number of rotatable bonds is 35. The molecule has 368 valence electrons. The number of amides is 1. The van der Waals surface area contributed by atoms with E-state index in [0.29, 0.717) is 56.5 Å². The number of nitrogens with one attached hydrogen (secondary N) is 1. The number of phosphoric acid groups is 3. The van der Waals surface area contributed by atoms with Gasteiger partial charge in [-0.05, 0) is 58.8 Å². The summed E-state index contributed by atoms with van der Waals surface area (Å²) in [5, 5.41) is 40.7. The van der Waals surface area contributed by atoms with Gasteiger partial charge in [0.05, 0.1) is 70.2 Å². The quantitative estimate of drug-likeness (QED) is 0.0291. The van der Waals surface area contributed by atoms with Gasteiger partial charge in [-0.1, -0.05) is 26.8 Å². The van der Waals surface area contributed by atoms with Crippen LogP contribution in [-0.2, 0) is 77.5 Å². The molecule has 0 spiro atoms. The molecule has 3 rings (SSSR count). The number of phosphoric ester groups is 3. The summed E-state index contributed by atoms with van der Waals surface area (Å²) in [5.41, 5.74) is 0.685. The van der Waals surface area contributed by atoms with E-state index in [0.717, 1.165) is 12.2 Å². The highest BCUT2D eigenvalue weighted by Gasteiger charge is 2.46. The molecule has 12 unspecified atom stereocenters. The molecule has 29 heteroatoms. The summed E-state index contributed by atoms with van der Waals surface area (Å²) in [6.45, 7) is 2.32. The van der Waals surface area contributed by atoms with Gasteiger partial charge < -0.3 is 54.3 Å². The van der Waals surface area contributed by atoms with Crippen LogP contribution >= 0.6 is 45.1 Å². The van der Waals surface area contributed by atoms with Gasteiger partial charge in [0.1, 0.15) is 36.6 Å². The van der Waals surface area contributed by atoms with Crippen molar-refractivity contribution in [2.45, 2.75) is 127 Å². The number of methoxy groups -OCH3 is 2. The standard InChI is InChI=1S/C34H65N4O20P3S2/c1-24-31(41)33(50-4)29(57-24)23-55-60(45,46)52-15-7-8-17-62-63-18-10-16-53-59(43,44)51-14-6-5-11-26-19-38(37-36-26)13-9-12-30(40)35-27(20-39)21-54-61(47,48)58-34-28(22-49-3)56-25(2)32(34)42/h19,24-25,27-29,31-34,39,41-42H,5-18,20-23H2,1-4H3,(H,35,40)(H,43,44)(H,45,46)(H,47,48). The maximum Gasteiger partial charge on any atom is 0.472 e. The largest absolute Gasteiger partial charge is 0.472 e. The molecule has 1 amide bonds. The summed E-state index contributed by atoms with van der Waals surface area (Å²) in [6.07, 6.45) is -1.05. The van der Waals surface area contributed by atoms with E-state index in [4.69, 9.17) is 46.1 Å². The molecule has 2 aliphatic heterocycles. The van der Waals surface area contributed by atoms with Crippen molar-refractivity contribution in [3.63, 3.8) is 0 Å². The first-order chi connectivity index (χ1) is 29.9. The highest BCUT2D eigenvalue weighted by molar-refractivity contribution is 8.76. The van der Waals surface area contributed by atoms with E-state index in [1.54, 1.807) is 46.3 Å². The number of hydrogen-bond acceptors (Lipinski definition) is 21. The molecule has 0 aromatic carbocycles. The fraction of sp³-hybridized carbons (Fsp3) is 0.912. The highest BCUT2D eigenvalue weighted by Crippen LogP contribution is 2.48. The lowest BCUT2D eigenvalue weighted by Crippen LogP contribution is -2.41. The number of carbonyl (C=O) groups is 1. The minimum atomic E-state index is -4.71. The zero-order chi connectivity index (χ0) is 46.5. The molecular formula is C34H65N4O20P3S2. The third-order valence-electron chi connectivity index (χ3n) is 9.48. The Bertz CT molecular complexity index is 1610. The number of aromatic nitrogens is 3. The van der Waals surface area contributed by atoms with E-state index in [1.165, 1.54) is 14.2 Å². The summed E-state index contributed by atoms with van der Waals surface area (Å²) in [5.74, 6) is 0.988. The summed E-state index contributed by atoms with van der Waals surface area (Å²) in [6, 6.07) is -1.00. The zero-order valence-electron chi connectivity index (χ0n) is 35.9. The van der Waals surface area contributed by atoms with E-state index in [9.17, 15) is 48.5 Å². The number of hydrogen-bond donors (Lipinski definition) is 7. The predicted molar refractivity (Wildman–Crippen MR) is 227 cm³/mol. The molecule has 2 saturated heterocycles. The maximum atomic E-state index is 12.5. The van der Waals surface area contributed by atoms with Gasteiger partial charge in [0.2, 0.25) is 5.91 Å². The molecule has 1 aromatic heterocycles. The topological polar surface area (TPSA) is 325 Å². The molecule has 0 aliphatic carbocycles. The van der Waals surface area contributed by atoms with Crippen LogP contribution in [0.2, 0.25) is 0 Å². The lowest BCUT2D eigenvalue weighted by Gasteiger charge is -2.24. The molecule has 2 aliphatic rings. The van der Waals surface area contributed by atoms with Crippen LogP contribution in [0.4, 0.5) is 0 Å². The molecule has 0 bridgehead atoms. The maximum absolute atomic E-state index is 12.5. The van der Waals surface area contributed by atoms with Crippen LogP contribution in [-0.4, -0.2) is 178 Å². The Kier molecular flexibility index (Phi) is 26.4. The Labute approximate surface area is 375 Å². The van der Waals surface area contributed by atoms with Crippen molar-refractivity contribution in [1.29, 1.82) is 0 Å². The Morgan fingerprint density at radius 2 is 1.40 bits per heavy atom. The molecule has 7 N–H and O–H groups in total. The summed E-state index contributed by atoms with van der Waals surface area (Å²) in [4.78, 5) is 42.6. The van der Waals surface area contributed by atoms with Gasteiger partial charge in [0.25, 0.3) is 0 Å².